The molecule has 0 amide bonds. The molecule has 0 bridgehead atoms. The molecule has 0 aromatic carbocycles. The quantitative estimate of drug-likeness (QED) is 0.604. The van der Waals surface area contributed by atoms with Gasteiger partial charge in [-0.2, -0.15) is 0 Å². The van der Waals surface area contributed by atoms with Gasteiger partial charge in [-0.25, -0.2) is 0 Å². The fourth-order valence-electron chi connectivity index (χ4n) is 0.310. The van der Waals surface area contributed by atoms with Crippen LogP contribution in [0.5, 0.6) is 0 Å². The SMILES string of the molecule is O=C(O)c1cn[se]c1. The maximum atomic E-state index is 10.1. The van der Waals surface area contributed by atoms with Crippen LogP contribution >= 0.6 is 0 Å². The van der Waals surface area contributed by atoms with Gasteiger partial charge in [0.05, 0.1) is 0 Å². The Balaban J connectivity index is 2.93. The van der Waals surface area contributed by atoms with Crippen molar-refractivity contribution in [1.82, 2.24) is 3.98 Å². The minimum absolute atomic E-state index is 0.0493. The van der Waals surface area contributed by atoms with Crippen molar-refractivity contribution in [3.05, 3.63) is 16.7 Å². The van der Waals surface area contributed by atoms with Crippen LogP contribution in [0.25, 0.3) is 0 Å². The molecule has 0 unspecified atom stereocenters. The fraction of sp³-hybridized carbons (Fsp3) is 0. The van der Waals surface area contributed by atoms with E-state index in [-0.39, 0.29) is 14.7 Å². The van der Waals surface area contributed by atoms with E-state index in [0.29, 0.717) is 5.56 Å². The number of hydrogen-bond donors (Lipinski definition) is 1. The molecule has 0 spiro atoms. The van der Waals surface area contributed by atoms with Crippen molar-refractivity contribution in [2.45, 2.75) is 0 Å². The summed E-state index contributed by atoms with van der Waals surface area (Å²) in [6.07, 6.45) is 1.39. The molecule has 1 aromatic heterocycles. The Kier molecular flexibility index (Phi) is 1.46. The summed E-state index contributed by atoms with van der Waals surface area (Å²) in [5, 5.41) is 8.26. The first-order valence-electron chi connectivity index (χ1n) is 1.93. The summed E-state index contributed by atoms with van der Waals surface area (Å²) >= 11 is 0.0493. The molecule has 3 nitrogen and oxygen atoms in total. The van der Waals surface area contributed by atoms with E-state index in [4.69, 9.17) is 5.11 Å². The Labute approximate surface area is 51.9 Å². The Bertz CT molecular complexity index is 182. The average Bonchev–Trinajstić information content (AvgIpc) is 2.12. The number of hydrogen-bond acceptors (Lipinski definition) is 2. The second kappa shape index (κ2) is 2.11. The minimum atomic E-state index is -0.881. The Hall–Kier alpha value is -0.601. The van der Waals surface area contributed by atoms with Gasteiger partial charge < -0.3 is 0 Å². The van der Waals surface area contributed by atoms with E-state index in [1.54, 1.807) is 4.94 Å². The van der Waals surface area contributed by atoms with Gasteiger partial charge in [-0.05, 0) is 0 Å². The summed E-state index contributed by atoms with van der Waals surface area (Å²) in [6, 6.07) is 0. The number of rotatable bonds is 1. The normalized spacial score (nSPS) is 9.00. The van der Waals surface area contributed by atoms with Crippen LogP contribution in [0.4, 0.5) is 0 Å². The van der Waals surface area contributed by atoms with Crippen molar-refractivity contribution in [3.63, 3.8) is 0 Å². The second-order valence-corrected chi connectivity index (χ2v) is 2.60. The van der Waals surface area contributed by atoms with E-state index in [2.05, 4.69) is 3.98 Å². The number of carbonyl (C=O) groups is 1. The first-order chi connectivity index (χ1) is 3.80. The van der Waals surface area contributed by atoms with Gasteiger partial charge in [-0.1, -0.05) is 0 Å². The molecule has 0 saturated carbocycles. The molecule has 0 atom stereocenters. The third-order valence-corrected chi connectivity index (χ3v) is 1.91. The summed E-state index contributed by atoms with van der Waals surface area (Å²) in [4.78, 5) is 11.7. The molecule has 1 heterocycles. The third-order valence-electron chi connectivity index (χ3n) is 0.679. The first kappa shape index (κ1) is 5.53. The summed E-state index contributed by atoms with van der Waals surface area (Å²) in [5.41, 5.74) is 0.324. The van der Waals surface area contributed by atoms with Gasteiger partial charge in [0.1, 0.15) is 0 Å². The standard InChI is InChI=1S/C4H3NO2Se/c6-4(7)3-1-5-8-2-3/h1-2H,(H,6,7). The fourth-order valence-corrected chi connectivity index (χ4v) is 1.38. The number of aromatic carboxylic acids is 1. The summed E-state index contributed by atoms with van der Waals surface area (Å²) in [5.74, 6) is -0.881. The molecule has 0 aliphatic rings. The van der Waals surface area contributed by atoms with Crippen molar-refractivity contribution in [2.24, 2.45) is 0 Å². The summed E-state index contributed by atoms with van der Waals surface area (Å²) in [7, 11) is 0. The van der Waals surface area contributed by atoms with E-state index in [1.165, 1.54) is 6.20 Å². The van der Waals surface area contributed by atoms with E-state index >= 15 is 0 Å². The van der Waals surface area contributed by atoms with Gasteiger partial charge in [0.2, 0.25) is 0 Å². The molecule has 1 rings (SSSR count). The van der Waals surface area contributed by atoms with E-state index < -0.39 is 5.97 Å². The third kappa shape index (κ3) is 0.966. The molecule has 1 aromatic rings. The van der Waals surface area contributed by atoms with Crippen LogP contribution in [0, 0.1) is 0 Å². The summed E-state index contributed by atoms with van der Waals surface area (Å²) < 4.78 is 3.75. The zero-order valence-corrected chi connectivity index (χ0v) is 5.58. The molecule has 0 fully saturated rings. The molecular weight excluding hydrogens is 173 g/mol. The Morgan fingerprint density at radius 1 is 1.88 bits per heavy atom. The number of carboxylic acids is 1. The molecule has 8 heavy (non-hydrogen) atoms. The van der Waals surface area contributed by atoms with Crippen LogP contribution in [0.2, 0.25) is 0 Å². The van der Waals surface area contributed by atoms with Gasteiger partial charge in [-0.15, -0.1) is 0 Å². The maximum absolute atomic E-state index is 10.1. The van der Waals surface area contributed by atoms with Crippen molar-refractivity contribution < 1.29 is 9.90 Å². The van der Waals surface area contributed by atoms with Crippen LogP contribution in [0.3, 0.4) is 0 Å². The van der Waals surface area contributed by atoms with E-state index in [1.807, 2.05) is 0 Å². The van der Waals surface area contributed by atoms with Crippen LogP contribution in [-0.2, 0) is 0 Å². The molecule has 0 radical (unpaired) electrons. The van der Waals surface area contributed by atoms with E-state index in [0.717, 1.165) is 0 Å². The van der Waals surface area contributed by atoms with Crippen molar-refractivity contribution in [3.8, 4) is 0 Å². The monoisotopic (exact) mass is 177 g/mol. The zero-order chi connectivity index (χ0) is 5.98. The summed E-state index contributed by atoms with van der Waals surface area (Å²) in [6.45, 7) is 0. The molecule has 1 N–H and O–H groups in total. The topological polar surface area (TPSA) is 50.2 Å². The van der Waals surface area contributed by atoms with Crippen molar-refractivity contribution in [2.75, 3.05) is 0 Å². The van der Waals surface area contributed by atoms with Gasteiger partial charge >= 0.3 is 51.3 Å². The first-order valence-corrected chi connectivity index (χ1v) is 3.69. The predicted molar refractivity (Wildman–Crippen MR) is 28.1 cm³/mol. The molecule has 0 aliphatic carbocycles. The van der Waals surface area contributed by atoms with E-state index in [9.17, 15) is 4.79 Å². The average molecular weight is 176 g/mol. The number of nitrogens with zero attached hydrogens (tertiary/aromatic N) is 1. The molecule has 0 aliphatic heterocycles. The van der Waals surface area contributed by atoms with Crippen molar-refractivity contribution in [1.29, 1.82) is 0 Å². The number of carboxylic acid groups (broad SMARTS) is 1. The second-order valence-electron chi connectivity index (χ2n) is 1.22. The molecular formula is C4H3NO2Se. The van der Waals surface area contributed by atoms with Gasteiger partial charge in [-0.3, -0.25) is 0 Å². The molecule has 42 valence electrons. The van der Waals surface area contributed by atoms with Gasteiger partial charge in [0, 0.05) is 0 Å². The van der Waals surface area contributed by atoms with Gasteiger partial charge in [0.15, 0.2) is 0 Å². The van der Waals surface area contributed by atoms with Crippen molar-refractivity contribution >= 4 is 20.7 Å². The predicted octanol–water partition coefficient (Wildman–Crippen LogP) is -0.163. The van der Waals surface area contributed by atoms with Crippen LogP contribution in [-0.4, -0.2) is 29.8 Å². The van der Waals surface area contributed by atoms with Crippen LogP contribution in [0.1, 0.15) is 10.4 Å². The number of aromatic nitrogens is 1. The molecule has 0 saturated heterocycles. The Morgan fingerprint density at radius 3 is 2.88 bits per heavy atom. The van der Waals surface area contributed by atoms with Crippen LogP contribution in [0.15, 0.2) is 11.1 Å². The molecule has 4 heteroatoms. The van der Waals surface area contributed by atoms with Gasteiger partial charge in [0.25, 0.3) is 0 Å². The Morgan fingerprint density at radius 2 is 2.62 bits per heavy atom. The zero-order valence-electron chi connectivity index (χ0n) is 3.87. The van der Waals surface area contributed by atoms with Crippen LogP contribution < -0.4 is 0 Å².